The molecule has 0 radical (unpaired) electrons. The maximum Gasteiger partial charge on any atom is 0.0423 e. The van der Waals surface area contributed by atoms with Crippen molar-refractivity contribution in [3.05, 3.63) is 58.7 Å². The van der Waals surface area contributed by atoms with Crippen LogP contribution in [0.5, 0.6) is 0 Å². The van der Waals surface area contributed by atoms with Gasteiger partial charge in [0.05, 0.1) is 0 Å². The lowest BCUT2D eigenvalue weighted by atomic mass is 10.1. The summed E-state index contributed by atoms with van der Waals surface area (Å²) in [7, 11) is 4.38. The number of aryl methyl sites for hydroxylation is 4. The van der Waals surface area contributed by atoms with Gasteiger partial charge in [0, 0.05) is 38.6 Å². The van der Waals surface area contributed by atoms with Crippen LogP contribution in [0.25, 0.3) is 0 Å². The highest BCUT2D eigenvalue weighted by Gasteiger charge is 2.11. The molecule has 0 aliphatic carbocycles. The summed E-state index contributed by atoms with van der Waals surface area (Å²) in [6.45, 7) is 10.8. The van der Waals surface area contributed by atoms with Crippen LogP contribution in [0.3, 0.4) is 0 Å². The predicted octanol–water partition coefficient (Wildman–Crippen LogP) is 4.49. The van der Waals surface area contributed by atoms with Gasteiger partial charge in [-0.2, -0.15) is 0 Å². The minimum absolute atomic E-state index is 1.01. The zero-order valence-corrected chi connectivity index (χ0v) is 14.8. The van der Waals surface area contributed by atoms with E-state index in [1.54, 1.807) is 0 Å². The molecule has 0 saturated heterocycles. The van der Waals surface area contributed by atoms with E-state index >= 15 is 0 Å². The van der Waals surface area contributed by atoms with E-state index < -0.39 is 0 Å². The molecule has 118 valence electrons. The van der Waals surface area contributed by atoms with Crippen molar-refractivity contribution in [2.75, 3.05) is 37.0 Å². The quantitative estimate of drug-likeness (QED) is 0.802. The lowest BCUT2D eigenvalue weighted by molar-refractivity contribution is 0.824. The first-order valence-electron chi connectivity index (χ1n) is 7.96. The van der Waals surface area contributed by atoms with Gasteiger partial charge in [0.25, 0.3) is 0 Å². The van der Waals surface area contributed by atoms with Crippen LogP contribution in [0, 0.1) is 27.7 Å². The van der Waals surface area contributed by atoms with Crippen LogP contribution in [-0.4, -0.2) is 27.2 Å². The monoisotopic (exact) mass is 296 g/mol. The first kappa shape index (κ1) is 16.4. The molecular formula is C20H28N2. The highest BCUT2D eigenvalue weighted by molar-refractivity contribution is 5.60. The van der Waals surface area contributed by atoms with Crippen molar-refractivity contribution in [2.24, 2.45) is 0 Å². The summed E-state index contributed by atoms with van der Waals surface area (Å²) in [6.07, 6.45) is 0. The SMILES string of the molecule is Cc1cccc(C)c1N(C)CCN(C)c1c(C)cccc1C. The second-order valence-electron chi connectivity index (χ2n) is 6.32. The Bertz CT molecular complexity index is 548. The van der Waals surface area contributed by atoms with Crippen LogP contribution in [0.4, 0.5) is 11.4 Å². The highest BCUT2D eigenvalue weighted by atomic mass is 15.2. The Labute approximate surface area is 135 Å². The number of nitrogens with zero attached hydrogens (tertiary/aromatic N) is 2. The fourth-order valence-electron chi connectivity index (χ4n) is 3.34. The first-order valence-corrected chi connectivity index (χ1v) is 7.96. The van der Waals surface area contributed by atoms with Crippen molar-refractivity contribution in [3.63, 3.8) is 0 Å². The van der Waals surface area contributed by atoms with E-state index in [1.165, 1.54) is 33.6 Å². The van der Waals surface area contributed by atoms with E-state index in [-0.39, 0.29) is 0 Å². The number of likely N-dealkylation sites (N-methyl/N-ethyl adjacent to an activating group) is 2. The molecule has 0 aromatic heterocycles. The number of para-hydroxylation sites is 2. The zero-order valence-electron chi connectivity index (χ0n) is 14.8. The molecule has 0 saturated carbocycles. The molecule has 0 aliphatic heterocycles. The van der Waals surface area contributed by atoms with Gasteiger partial charge in [-0.25, -0.2) is 0 Å². The Morgan fingerprint density at radius 1 is 0.591 bits per heavy atom. The van der Waals surface area contributed by atoms with Crippen molar-refractivity contribution >= 4 is 11.4 Å². The van der Waals surface area contributed by atoms with E-state index in [2.05, 4.69) is 88.0 Å². The fraction of sp³-hybridized carbons (Fsp3) is 0.400. The molecule has 2 aromatic carbocycles. The summed E-state index contributed by atoms with van der Waals surface area (Å²) in [5.41, 5.74) is 8.10. The molecule has 0 bridgehead atoms. The number of hydrogen-bond donors (Lipinski definition) is 0. The first-order chi connectivity index (χ1) is 10.4. The third-order valence-corrected chi connectivity index (χ3v) is 4.41. The Kier molecular flexibility index (Phi) is 5.12. The molecule has 0 fully saturated rings. The van der Waals surface area contributed by atoms with Gasteiger partial charge in [0.15, 0.2) is 0 Å². The largest absolute Gasteiger partial charge is 0.372 e. The third kappa shape index (κ3) is 3.44. The van der Waals surface area contributed by atoms with E-state index in [0.29, 0.717) is 0 Å². The van der Waals surface area contributed by atoms with E-state index in [1.807, 2.05) is 0 Å². The van der Waals surface area contributed by atoms with Gasteiger partial charge < -0.3 is 9.80 Å². The average Bonchev–Trinajstić information content (AvgIpc) is 2.44. The Balaban J connectivity index is 2.09. The van der Waals surface area contributed by atoms with Crippen LogP contribution in [0.15, 0.2) is 36.4 Å². The van der Waals surface area contributed by atoms with Gasteiger partial charge in [-0.15, -0.1) is 0 Å². The zero-order chi connectivity index (χ0) is 16.3. The minimum Gasteiger partial charge on any atom is -0.372 e. The van der Waals surface area contributed by atoms with Crippen molar-refractivity contribution < 1.29 is 0 Å². The predicted molar refractivity (Wildman–Crippen MR) is 98.4 cm³/mol. The number of rotatable bonds is 5. The number of benzene rings is 2. The molecule has 2 nitrogen and oxygen atoms in total. The maximum atomic E-state index is 2.37. The molecule has 0 unspecified atom stereocenters. The lowest BCUT2D eigenvalue weighted by Crippen LogP contribution is -2.32. The maximum absolute atomic E-state index is 2.37. The van der Waals surface area contributed by atoms with Crippen molar-refractivity contribution in [2.45, 2.75) is 27.7 Å². The van der Waals surface area contributed by atoms with Crippen molar-refractivity contribution in [1.82, 2.24) is 0 Å². The van der Waals surface area contributed by atoms with Gasteiger partial charge in [0.2, 0.25) is 0 Å². The van der Waals surface area contributed by atoms with E-state index in [4.69, 9.17) is 0 Å². The number of hydrogen-bond acceptors (Lipinski definition) is 2. The molecule has 2 rings (SSSR count). The van der Waals surface area contributed by atoms with Crippen LogP contribution >= 0.6 is 0 Å². The van der Waals surface area contributed by atoms with Crippen LogP contribution in [-0.2, 0) is 0 Å². The number of anilines is 2. The highest BCUT2D eigenvalue weighted by Crippen LogP contribution is 2.25. The lowest BCUT2D eigenvalue weighted by Gasteiger charge is -2.29. The minimum atomic E-state index is 1.01. The molecule has 0 spiro atoms. The standard InChI is InChI=1S/C20H28N2/c1-15-9-7-10-16(2)19(15)21(5)13-14-22(6)20-17(3)11-8-12-18(20)4/h7-12H,13-14H2,1-6H3. The second kappa shape index (κ2) is 6.87. The van der Waals surface area contributed by atoms with Gasteiger partial charge in [-0.3, -0.25) is 0 Å². The van der Waals surface area contributed by atoms with E-state index in [9.17, 15) is 0 Å². The summed E-state index contributed by atoms with van der Waals surface area (Å²) in [6, 6.07) is 13.0. The molecule has 2 heteroatoms. The third-order valence-electron chi connectivity index (χ3n) is 4.41. The Hall–Kier alpha value is -1.96. The Morgan fingerprint density at radius 2 is 0.864 bits per heavy atom. The molecule has 0 N–H and O–H groups in total. The van der Waals surface area contributed by atoms with Crippen LogP contribution in [0.1, 0.15) is 22.3 Å². The summed E-state index contributed by atoms with van der Waals surface area (Å²) in [5, 5.41) is 0. The van der Waals surface area contributed by atoms with Gasteiger partial charge in [-0.05, 0) is 49.9 Å². The summed E-state index contributed by atoms with van der Waals surface area (Å²) >= 11 is 0. The second-order valence-corrected chi connectivity index (χ2v) is 6.32. The van der Waals surface area contributed by atoms with Gasteiger partial charge in [-0.1, -0.05) is 36.4 Å². The van der Waals surface area contributed by atoms with Crippen molar-refractivity contribution in [1.29, 1.82) is 0 Å². The molecule has 2 aromatic rings. The van der Waals surface area contributed by atoms with Crippen LogP contribution < -0.4 is 9.80 Å². The molecule has 0 aliphatic rings. The summed E-state index contributed by atoms with van der Waals surface area (Å²) < 4.78 is 0. The normalized spacial score (nSPS) is 10.6. The molecule has 0 amide bonds. The van der Waals surface area contributed by atoms with Crippen LogP contribution in [0.2, 0.25) is 0 Å². The summed E-state index contributed by atoms with van der Waals surface area (Å²) in [5.74, 6) is 0. The van der Waals surface area contributed by atoms with E-state index in [0.717, 1.165) is 13.1 Å². The molecular weight excluding hydrogens is 268 g/mol. The average molecular weight is 296 g/mol. The summed E-state index contributed by atoms with van der Waals surface area (Å²) in [4.78, 5) is 4.74. The molecule has 0 heterocycles. The molecule has 0 atom stereocenters. The van der Waals surface area contributed by atoms with Crippen molar-refractivity contribution in [3.8, 4) is 0 Å². The van der Waals surface area contributed by atoms with Gasteiger partial charge in [0.1, 0.15) is 0 Å². The topological polar surface area (TPSA) is 6.48 Å². The smallest absolute Gasteiger partial charge is 0.0423 e. The Morgan fingerprint density at radius 3 is 1.14 bits per heavy atom. The molecule has 22 heavy (non-hydrogen) atoms. The fourth-order valence-corrected chi connectivity index (χ4v) is 3.34. The van der Waals surface area contributed by atoms with Gasteiger partial charge >= 0.3 is 0 Å².